The maximum Gasteiger partial charge on any atom is 0.0423 e. The molecule has 2 heteroatoms. The van der Waals surface area contributed by atoms with Gasteiger partial charge in [-0.2, -0.15) is 0 Å². The van der Waals surface area contributed by atoms with Crippen LogP contribution in [0.15, 0.2) is 42.5 Å². The summed E-state index contributed by atoms with van der Waals surface area (Å²) in [5.41, 5.74) is 6.63. The Hall–Kier alpha value is -1.96. The first-order valence-electron chi connectivity index (χ1n) is 6.98. The van der Waals surface area contributed by atoms with Crippen LogP contribution < -0.4 is 10.6 Å². The molecule has 1 heterocycles. The molecule has 0 aliphatic carbocycles. The van der Waals surface area contributed by atoms with Crippen molar-refractivity contribution in [1.82, 2.24) is 0 Å². The van der Waals surface area contributed by atoms with Crippen LogP contribution in [-0.2, 0) is 13.0 Å². The summed E-state index contributed by atoms with van der Waals surface area (Å²) in [5.74, 6) is 0. The number of anilines is 2. The Morgan fingerprint density at radius 3 is 2.95 bits per heavy atom. The molecule has 98 valence electrons. The van der Waals surface area contributed by atoms with Gasteiger partial charge in [-0.1, -0.05) is 30.3 Å². The fourth-order valence-corrected chi connectivity index (χ4v) is 2.68. The third-order valence-corrected chi connectivity index (χ3v) is 3.66. The van der Waals surface area contributed by atoms with Crippen molar-refractivity contribution in [1.29, 1.82) is 0 Å². The van der Waals surface area contributed by atoms with Crippen molar-refractivity contribution in [2.24, 2.45) is 0 Å². The maximum atomic E-state index is 3.54. The van der Waals surface area contributed by atoms with E-state index in [9.17, 15) is 0 Å². The molecular weight excluding hydrogens is 232 g/mol. The van der Waals surface area contributed by atoms with Gasteiger partial charge in [0, 0.05) is 24.5 Å². The molecule has 0 saturated heterocycles. The molecular formula is C17H20N2. The zero-order valence-electron chi connectivity index (χ0n) is 11.4. The maximum absolute atomic E-state index is 3.54. The molecule has 2 N–H and O–H groups in total. The van der Waals surface area contributed by atoms with Crippen LogP contribution in [0.25, 0.3) is 0 Å². The van der Waals surface area contributed by atoms with E-state index in [0.717, 1.165) is 13.1 Å². The first-order valence-corrected chi connectivity index (χ1v) is 6.98. The molecule has 0 fully saturated rings. The number of hydrogen-bond acceptors (Lipinski definition) is 2. The summed E-state index contributed by atoms with van der Waals surface area (Å²) >= 11 is 0. The van der Waals surface area contributed by atoms with E-state index in [1.54, 1.807) is 0 Å². The van der Waals surface area contributed by atoms with Crippen LogP contribution in [0.5, 0.6) is 0 Å². The molecule has 0 aromatic heterocycles. The minimum absolute atomic E-state index is 0.875. The molecule has 0 unspecified atom stereocenters. The van der Waals surface area contributed by atoms with Crippen LogP contribution in [0.3, 0.4) is 0 Å². The molecule has 0 amide bonds. The van der Waals surface area contributed by atoms with Crippen LogP contribution in [0.2, 0.25) is 0 Å². The van der Waals surface area contributed by atoms with Gasteiger partial charge in [0.1, 0.15) is 0 Å². The summed E-state index contributed by atoms with van der Waals surface area (Å²) in [6.45, 7) is 4.09. The lowest BCUT2D eigenvalue weighted by Crippen LogP contribution is -2.14. The van der Waals surface area contributed by atoms with E-state index in [4.69, 9.17) is 0 Å². The van der Waals surface area contributed by atoms with Crippen molar-refractivity contribution < 1.29 is 0 Å². The largest absolute Gasteiger partial charge is 0.385 e. The van der Waals surface area contributed by atoms with Crippen molar-refractivity contribution in [3.05, 3.63) is 59.2 Å². The summed E-state index contributed by atoms with van der Waals surface area (Å²) in [5, 5.41) is 7.05. The Balaban J connectivity index is 1.77. The third-order valence-electron chi connectivity index (χ3n) is 3.66. The van der Waals surface area contributed by atoms with Crippen molar-refractivity contribution in [3.8, 4) is 0 Å². The Morgan fingerprint density at radius 1 is 1.16 bits per heavy atom. The first kappa shape index (κ1) is 12.1. The predicted molar refractivity (Wildman–Crippen MR) is 81.8 cm³/mol. The lowest BCUT2D eigenvalue weighted by atomic mass is 9.99. The van der Waals surface area contributed by atoms with Gasteiger partial charge in [0.15, 0.2) is 0 Å². The molecule has 2 aromatic carbocycles. The number of fused-ring (bicyclic) bond motifs is 1. The van der Waals surface area contributed by atoms with Crippen LogP contribution in [-0.4, -0.2) is 6.54 Å². The highest BCUT2D eigenvalue weighted by Crippen LogP contribution is 2.26. The van der Waals surface area contributed by atoms with Crippen LogP contribution >= 0.6 is 0 Å². The molecule has 0 atom stereocenters. The quantitative estimate of drug-likeness (QED) is 0.864. The van der Waals surface area contributed by atoms with E-state index in [-0.39, 0.29) is 0 Å². The van der Waals surface area contributed by atoms with Crippen molar-refractivity contribution in [3.63, 3.8) is 0 Å². The summed E-state index contributed by atoms with van der Waals surface area (Å²) in [6, 6.07) is 15.1. The minimum Gasteiger partial charge on any atom is -0.385 e. The lowest BCUT2D eigenvalue weighted by molar-refractivity contribution is 0.825. The highest BCUT2D eigenvalue weighted by Gasteiger charge is 2.11. The predicted octanol–water partition coefficient (Wildman–Crippen LogP) is 3.97. The van der Waals surface area contributed by atoms with Gasteiger partial charge in [0.05, 0.1) is 0 Å². The molecule has 3 rings (SSSR count). The molecule has 1 aliphatic rings. The molecule has 0 bridgehead atoms. The molecule has 0 saturated carbocycles. The van der Waals surface area contributed by atoms with Gasteiger partial charge in [-0.3, -0.25) is 0 Å². The van der Waals surface area contributed by atoms with Crippen molar-refractivity contribution in [2.75, 3.05) is 17.2 Å². The number of aryl methyl sites for hydroxylation is 2. The topological polar surface area (TPSA) is 24.1 Å². The number of benzene rings is 2. The Morgan fingerprint density at radius 2 is 2.05 bits per heavy atom. The molecule has 2 nitrogen and oxygen atoms in total. The average Bonchev–Trinajstić information content (AvgIpc) is 2.45. The smallest absolute Gasteiger partial charge is 0.0423 e. The Bertz CT molecular complexity index is 575. The zero-order valence-corrected chi connectivity index (χ0v) is 11.4. The molecule has 2 aromatic rings. The minimum atomic E-state index is 0.875. The molecule has 1 aliphatic heterocycles. The van der Waals surface area contributed by atoms with E-state index in [2.05, 4.69) is 60.0 Å². The summed E-state index contributed by atoms with van der Waals surface area (Å²) in [7, 11) is 0. The van der Waals surface area contributed by atoms with Crippen molar-refractivity contribution >= 4 is 11.4 Å². The Kier molecular flexibility index (Phi) is 3.41. The fourth-order valence-electron chi connectivity index (χ4n) is 2.68. The monoisotopic (exact) mass is 252 g/mol. The second-order valence-electron chi connectivity index (χ2n) is 5.20. The number of nitrogens with one attached hydrogen (secondary N) is 2. The van der Waals surface area contributed by atoms with Gasteiger partial charge in [-0.05, 0) is 48.6 Å². The normalized spacial score (nSPS) is 13.5. The lowest BCUT2D eigenvalue weighted by Gasteiger charge is -2.21. The zero-order chi connectivity index (χ0) is 13.1. The van der Waals surface area contributed by atoms with Gasteiger partial charge in [0.2, 0.25) is 0 Å². The second-order valence-corrected chi connectivity index (χ2v) is 5.20. The van der Waals surface area contributed by atoms with E-state index < -0.39 is 0 Å². The molecule has 0 radical (unpaired) electrons. The highest BCUT2D eigenvalue weighted by atomic mass is 14.9. The van der Waals surface area contributed by atoms with E-state index in [1.165, 1.54) is 40.9 Å². The standard InChI is InChI=1S/C17H20N2/c1-13-5-2-9-16(11-13)19-12-15-7-3-6-14-8-4-10-18-17(14)15/h2-3,5-7,9,11,18-19H,4,8,10,12H2,1H3. The fraction of sp³-hybridized carbons (Fsp3) is 0.294. The summed E-state index contributed by atoms with van der Waals surface area (Å²) < 4.78 is 0. The van der Waals surface area contributed by atoms with Gasteiger partial charge in [-0.25, -0.2) is 0 Å². The van der Waals surface area contributed by atoms with Crippen LogP contribution in [0, 0.1) is 6.92 Å². The average molecular weight is 252 g/mol. The van der Waals surface area contributed by atoms with Gasteiger partial charge < -0.3 is 10.6 Å². The van der Waals surface area contributed by atoms with Gasteiger partial charge in [-0.15, -0.1) is 0 Å². The van der Waals surface area contributed by atoms with Gasteiger partial charge in [0.25, 0.3) is 0 Å². The second kappa shape index (κ2) is 5.35. The molecule has 19 heavy (non-hydrogen) atoms. The highest BCUT2D eigenvalue weighted by molar-refractivity contribution is 5.60. The molecule has 0 spiro atoms. The van der Waals surface area contributed by atoms with E-state index >= 15 is 0 Å². The van der Waals surface area contributed by atoms with Crippen LogP contribution in [0.1, 0.15) is 23.1 Å². The number of rotatable bonds is 3. The van der Waals surface area contributed by atoms with E-state index in [1.807, 2.05) is 0 Å². The third kappa shape index (κ3) is 2.73. The van der Waals surface area contributed by atoms with Crippen molar-refractivity contribution in [2.45, 2.75) is 26.3 Å². The number of para-hydroxylation sites is 1. The van der Waals surface area contributed by atoms with E-state index in [0.29, 0.717) is 0 Å². The SMILES string of the molecule is Cc1cccc(NCc2cccc3c2NCCC3)c1. The summed E-state index contributed by atoms with van der Waals surface area (Å²) in [6.07, 6.45) is 2.43. The first-order chi connectivity index (χ1) is 9.33. The Labute approximate surface area is 114 Å². The summed E-state index contributed by atoms with van der Waals surface area (Å²) in [4.78, 5) is 0. The van der Waals surface area contributed by atoms with Gasteiger partial charge >= 0.3 is 0 Å². The van der Waals surface area contributed by atoms with Crippen LogP contribution in [0.4, 0.5) is 11.4 Å². The number of hydrogen-bond donors (Lipinski definition) is 2.